The number of ether oxygens (including phenoxy) is 16. The standard InChI is InChI=1S/C33H59N3O16.C29H55N3O14/c1-7-10-45-14-22-30(28(43)24(17(3)48-22)34-18(4)39)51-33-26(36-20(6)41)29(44)31(23(50-33)15-47-12-9-38)52-32-25(35-19(5)40)27(42)16(2)21(49-32)13-46-11-8-37;1-5-8-39-12-18-26(24(37)20(30)15(3)42-18)46-29-22(32-16(4)35)25(38)27(19(44-29)13-41-10-7-34)45-28-21(31)23(36)14(2)17(43-28)11-40-9-6-33/h16-17,21-33,37-38,42-44H,7-15H2,1-6H3,(H,34,39)(H,35,40)(H,36,41);14-15,17-29,33-34,36-38H,5-13,30-31H2,1-4H3,(H,32,35)/t16-,17+,21?,22?,23+,24?,25?,26?,27+,28-,29?,30-,31-,32+,33+;14-,15+,17?,18?,19+,20?,21?,22?,23+,24-,25?,26-,27-,28+,29+/m11/s1. The van der Waals surface area contributed by atoms with E-state index in [-0.39, 0.29) is 92.5 Å². The van der Waals surface area contributed by atoms with E-state index in [4.69, 9.17) is 92.4 Å². The molecule has 0 spiro atoms. The minimum Gasteiger partial charge on any atom is -0.394 e. The van der Waals surface area contributed by atoms with Crippen molar-refractivity contribution in [3.05, 3.63) is 0 Å². The molecule has 6 aliphatic heterocycles. The second kappa shape index (κ2) is 43.1. The van der Waals surface area contributed by atoms with Gasteiger partial charge < -0.3 is 160 Å². The van der Waals surface area contributed by atoms with Gasteiger partial charge in [-0.15, -0.1) is 0 Å². The average Bonchev–Trinajstić information content (AvgIpc) is 0.780. The van der Waals surface area contributed by atoms with E-state index < -0.39 is 207 Å². The lowest BCUT2D eigenvalue weighted by molar-refractivity contribution is -0.345. The molecule has 6 rings (SSSR count). The Balaban J connectivity index is 0.000000356. The number of rotatable bonds is 36. The van der Waals surface area contributed by atoms with Gasteiger partial charge in [-0.1, -0.05) is 27.7 Å². The maximum atomic E-state index is 12.5. The molecule has 6 fully saturated rings. The molecule has 572 valence electrons. The number of carbonyl (C=O) groups is 4. The smallest absolute Gasteiger partial charge is 0.217 e. The summed E-state index contributed by atoms with van der Waals surface area (Å²) in [5, 5.41) is 116. The Labute approximate surface area is 571 Å². The number of carbonyl (C=O) groups excluding carboxylic acids is 4. The summed E-state index contributed by atoms with van der Waals surface area (Å²) in [5.41, 5.74) is 12.5. The van der Waals surface area contributed by atoms with Gasteiger partial charge in [0.1, 0.15) is 91.4 Å². The lowest BCUT2D eigenvalue weighted by Crippen LogP contribution is -2.70. The summed E-state index contributed by atoms with van der Waals surface area (Å²) >= 11 is 0. The average molecular weight is 1420 g/mol. The number of amides is 4. The van der Waals surface area contributed by atoms with Crippen LogP contribution in [0.2, 0.25) is 0 Å². The molecule has 0 aromatic carbocycles. The number of aliphatic hydroxyl groups is 10. The van der Waals surface area contributed by atoms with Gasteiger partial charge in [-0.25, -0.2) is 0 Å². The SMILES string of the molecule is CCCOCC1O[C@@H](C)C(N)[C@@H](O)[C@@H]1O[C@@H]1O[C@@H](COCCO)[C@@H](O[C@@H]2OC(COCCO)[C@@H](C)[C@H](O)C2N)C(O)C1NC(C)=O.CCCOCC1O[C@@H](C)C(NC(C)=O)[C@@H](O)[C@@H]1O[C@@H]1O[C@@H](COCCO)[C@@H](O[C@@H]2OC(COCCO)[C@@H](C)[C@H](O)C2NC(C)=O)C(O)C1NC(C)=O. The van der Waals surface area contributed by atoms with Crippen molar-refractivity contribution in [1.82, 2.24) is 21.3 Å². The first-order valence-corrected chi connectivity index (χ1v) is 33.8. The molecule has 12 unspecified atom stereocenters. The lowest BCUT2D eigenvalue weighted by atomic mass is 9.89. The van der Waals surface area contributed by atoms with Crippen LogP contribution in [0.1, 0.15) is 82.1 Å². The molecule has 98 heavy (non-hydrogen) atoms. The van der Waals surface area contributed by atoms with Gasteiger partial charge in [0, 0.05) is 52.7 Å². The predicted molar refractivity (Wildman–Crippen MR) is 337 cm³/mol. The lowest BCUT2D eigenvalue weighted by Gasteiger charge is -2.50. The van der Waals surface area contributed by atoms with Crippen LogP contribution in [0.15, 0.2) is 0 Å². The van der Waals surface area contributed by atoms with Crippen LogP contribution < -0.4 is 32.7 Å². The molecule has 30 atom stereocenters. The van der Waals surface area contributed by atoms with E-state index in [1.807, 2.05) is 13.8 Å². The van der Waals surface area contributed by atoms with Crippen molar-refractivity contribution in [2.45, 2.75) is 253 Å². The highest BCUT2D eigenvalue weighted by atomic mass is 16.8. The zero-order valence-electron chi connectivity index (χ0n) is 57.8. The van der Waals surface area contributed by atoms with Gasteiger partial charge in [-0.2, -0.15) is 0 Å². The third kappa shape index (κ3) is 24.4. The van der Waals surface area contributed by atoms with Gasteiger partial charge >= 0.3 is 0 Å². The van der Waals surface area contributed by atoms with Crippen molar-refractivity contribution in [2.24, 2.45) is 23.3 Å². The van der Waals surface area contributed by atoms with Crippen molar-refractivity contribution < 1.29 is 146 Å². The van der Waals surface area contributed by atoms with Crippen molar-refractivity contribution >= 4 is 23.6 Å². The minimum atomic E-state index is -1.62. The highest BCUT2D eigenvalue weighted by molar-refractivity contribution is 5.74. The number of nitrogens with two attached hydrogens (primary N) is 2. The van der Waals surface area contributed by atoms with E-state index in [1.54, 1.807) is 27.7 Å². The van der Waals surface area contributed by atoms with E-state index in [1.165, 1.54) is 27.7 Å². The number of nitrogens with one attached hydrogen (secondary N) is 4. The summed E-state index contributed by atoms with van der Waals surface area (Å²) in [6.45, 7) is 15.1. The van der Waals surface area contributed by atoms with Crippen LogP contribution in [0.4, 0.5) is 0 Å². The first kappa shape index (κ1) is 85.4. The summed E-state index contributed by atoms with van der Waals surface area (Å²) < 4.78 is 95.6. The molecule has 4 amide bonds. The molecule has 6 heterocycles. The quantitative estimate of drug-likeness (QED) is 0.0259. The molecule has 0 aromatic rings. The van der Waals surface area contributed by atoms with Gasteiger partial charge in [0.15, 0.2) is 25.2 Å². The summed E-state index contributed by atoms with van der Waals surface area (Å²) in [7, 11) is 0. The van der Waals surface area contributed by atoms with Crippen LogP contribution in [0.5, 0.6) is 0 Å². The monoisotopic (exact) mass is 1420 g/mol. The Bertz CT molecular complexity index is 2300. The van der Waals surface area contributed by atoms with E-state index in [0.29, 0.717) is 19.6 Å². The maximum absolute atomic E-state index is 12.5. The molecule has 0 saturated carbocycles. The fourth-order valence-electron chi connectivity index (χ4n) is 12.4. The molecule has 0 bridgehead atoms. The van der Waals surface area contributed by atoms with Crippen molar-refractivity contribution in [1.29, 1.82) is 0 Å². The second-order valence-electron chi connectivity index (χ2n) is 25.4. The van der Waals surface area contributed by atoms with Gasteiger partial charge in [0.05, 0.1) is 147 Å². The highest BCUT2D eigenvalue weighted by Gasteiger charge is 2.56. The van der Waals surface area contributed by atoms with E-state index in [9.17, 15) is 65.1 Å². The van der Waals surface area contributed by atoms with Crippen molar-refractivity contribution in [3.63, 3.8) is 0 Å². The Morgan fingerprint density at radius 3 is 0.990 bits per heavy atom. The van der Waals surface area contributed by atoms with Gasteiger partial charge in [0.2, 0.25) is 23.6 Å². The first-order chi connectivity index (χ1) is 46.7. The molecule has 6 saturated heterocycles. The molecular formula is C62H114N6O30. The molecule has 6 aliphatic rings. The minimum absolute atomic E-state index is 0.00897. The largest absolute Gasteiger partial charge is 0.394 e. The van der Waals surface area contributed by atoms with Crippen LogP contribution >= 0.6 is 0 Å². The summed E-state index contributed by atoms with van der Waals surface area (Å²) in [5.74, 6) is -2.99. The fraction of sp³-hybridized carbons (Fsp3) is 0.935. The zero-order valence-corrected chi connectivity index (χ0v) is 57.8. The molecule has 36 heteroatoms. The van der Waals surface area contributed by atoms with E-state index >= 15 is 0 Å². The Morgan fingerprint density at radius 1 is 0.347 bits per heavy atom. The maximum Gasteiger partial charge on any atom is 0.217 e. The highest BCUT2D eigenvalue weighted by Crippen LogP contribution is 2.37. The molecule has 18 N–H and O–H groups in total. The molecule has 0 aromatic heterocycles. The van der Waals surface area contributed by atoms with E-state index in [0.717, 1.165) is 6.42 Å². The first-order valence-electron chi connectivity index (χ1n) is 33.8. The van der Waals surface area contributed by atoms with Gasteiger partial charge in [-0.3, -0.25) is 19.2 Å². The normalized spacial score (nSPS) is 39.8. The van der Waals surface area contributed by atoms with Crippen LogP contribution in [0, 0.1) is 11.8 Å². The number of hydrogen-bond donors (Lipinski definition) is 16. The number of hydrogen-bond acceptors (Lipinski definition) is 32. The zero-order chi connectivity index (χ0) is 72.5. The number of aliphatic hydroxyl groups excluding tert-OH is 10. The topological polar surface area (TPSA) is 518 Å². The summed E-state index contributed by atoms with van der Waals surface area (Å²) in [6, 6.07) is -6.43. The van der Waals surface area contributed by atoms with Gasteiger partial charge in [0.25, 0.3) is 0 Å². The summed E-state index contributed by atoms with van der Waals surface area (Å²) in [6.07, 6.45) is -23.2. The van der Waals surface area contributed by atoms with Crippen LogP contribution in [0.25, 0.3) is 0 Å². The van der Waals surface area contributed by atoms with Crippen LogP contribution in [-0.2, 0) is 95.0 Å². The Morgan fingerprint density at radius 2 is 0.622 bits per heavy atom. The molecule has 0 radical (unpaired) electrons. The second-order valence-corrected chi connectivity index (χ2v) is 25.4. The third-order valence-corrected chi connectivity index (χ3v) is 17.6. The molecule has 0 aliphatic carbocycles. The Kier molecular flexibility index (Phi) is 37.6. The molecular weight excluding hydrogens is 1310 g/mol. The van der Waals surface area contributed by atoms with E-state index in [2.05, 4.69) is 21.3 Å². The van der Waals surface area contributed by atoms with Crippen molar-refractivity contribution in [2.75, 3.05) is 106 Å². The Hall–Kier alpha value is -3.24. The fourth-order valence-corrected chi connectivity index (χ4v) is 12.4. The van der Waals surface area contributed by atoms with Gasteiger partial charge in [-0.05, 0) is 26.7 Å². The molecule has 36 nitrogen and oxygen atoms in total. The predicted octanol–water partition coefficient (Wildman–Crippen LogP) is -7.01. The third-order valence-electron chi connectivity index (χ3n) is 17.6. The van der Waals surface area contributed by atoms with Crippen LogP contribution in [0.3, 0.4) is 0 Å². The van der Waals surface area contributed by atoms with Crippen LogP contribution in [-0.4, -0.2) is 352 Å². The van der Waals surface area contributed by atoms with Crippen molar-refractivity contribution in [3.8, 4) is 0 Å². The summed E-state index contributed by atoms with van der Waals surface area (Å²) in [4.78, 5) is 49.1.